The molecule has 2 rings (SSSR count). The number of aromatic nitrogens is 1. The van der Waals surface area contributed by atoms with Crippen molar-refractivity contribution in [2.75, 3.05) is 5.32 Å². The fourth-order valence-electron chi connectivity index (χ4n) is 1.15. The van der Waals surface area contributed by atoms with E-state index in [2.05, 4.69) is 15.0 Å². The van der Waals surface area contributed by atoms with Crippen molar-refractivity contribution in [1.29, 1.82) is 0 Å². The van der Waals surface area contributed by atoms with E-state index >= 15 is 0 Å². The molecular formula is C10H7ClN2O3. The number of phenols is 1. The van der Waals surface area contributed by atoms with Gasteiger partial charge in [0.15, 0.2) is 5.82 Å². The van der Waals surface area contributed by atoms with Gasteiger partial charge in [-0.3, -0.25) is 4.79 Å². The largest absolute Gasteiger partial charge is 0.508 e. The minimum atomic E-state index is -0.463. The van der Waals surface area contributed by atoms with Crippen LogP contribution >= 0.6 is 11.6 Å². The van der Waals surface area contributed by atoms with Crippen molar-refractivity contribution < 1.29 is 14.4 Å². The number of carbonyl (C=O) groups is 1. The minimum Gasteiger partial charge on any atom is -0.508 e. The number of hydrogen-bond donors (Lipinski definition) is 2. The van der Waals surface area contributed by atoms with Crippen LogP contribution in [0.1, 0.15) is 10.4 Å². The van der Waals surface area contributed by atoms with Crippen LogP contribution in [-0.4, -0.2) is 16.2 Å². The predicted molar refractivity (Wildman–Crippen MR) is 57.6 cm³/mol. The summed E-state index contributed by atoms with van der Waals surface area (Å²) in [4.78, 5) is 11.7. The lowest BCUT2D eigenvalue weighted by molar-refractivity contribution is 0.102. The smallest absolute Gasteiger partial charge is 0.258 e. The Morgan fingerprint density at radius 1 is 1.44 bits per heavy atom. The number of hydrogen-bond acceptors (Lipinski definition) is 4. The van der Waals surface area contributed by atoms with Gasteiger partial charge in [-0.15, -0.1) is 0 Å². The van der Waals surface area contributed by atoms with E-state index in [1.165, 1.54) is 30.5 Å². The van der Waals surface area contributed by atoms with Gasteiger partial charge in [-0.25, -0.2) is 0 Å². The second-order valence-corrected chi connectivity index (χ2v) is 3.41. The SMILES string of the molecule is O=C(Nc1ccon1)c1cc(O)ccc1Cl. The molecule has 2 N–H and O–H groups in total. The summed E-state index contributed by atoms with van der Waals surface area (Å²) in [5.41, 5.74) is 0.171. The molecule has 1 heterocycles. The predicted octanol–water partition coefficient (Wildman–Crippen LogP) is 2.29. The number of anilines is 1. The van der Waals surface area contributed by atoms with Crippen molar-refractivity contribution in [2.24, 2.45) is 0 Å². The van der Waals surface area contributed by atoms with E-state index in [0.29, 0.717) is 0 Å². The third-order valence-corrected chi connectivity index (χ3v) is 2.20. The molecule has 2 aromatic rings. The number of aromatic hydroxyl groups is 1. The van der Waals surface area contributed by atoms with E-state index in [-0.39, 0.29) is 22.2 Å². The van der Waals surface area contributed by atoms with Gasteiger partial charge in [-0.2, -0.15) is 0 Å². The highest BCUT2D eigenvalue weighted by atomic mass is 35.5. The van der Waals surface area contributed by atoms with Crippen LogP contribution in [0.4, 0.5) is 5.82 Å². The number of rotatable bonds is 2. The molecule has 82 valence electrons. The summed E-state index contributed by atoms with van der Waals surface area (Å²) in [5.74, 6) is -0.214. The van der Waals surface area contributed by atoms with E-state index in [9.17, 15) is 9.90 Å². The van der Waals surface area contributed by atoms with Crippen LogP contribution in [0.15, 0.2) is 35.1 Å². The number of nitrogens with zero attached hydrogens (tertiary/aromatic N) is 1. The van der Waals surface area contributed by atoms with Gasteiger partial charge in [0, 0.05) is 6.07 Å². The normalized spacial score (nSPS) is 10.1. The van der Waals surface area contributed by atoms with Gasteiger partial charge in [-0.05, 0) is 18.2 Å². The fraction of sp³-hybridized carbons (Fsp3) is 0. The maximum atomic E-state index is 11.7. The second kappa shape index (κ2) is 4.24. The van der Waals surface area contributed by atoms with Gasteiger partial charge >= 0.3 is 0 Å². The van der Waals surface area contributed by atoms with Gasteiger partial charge in [-0.1, -0.05) is 16.8 Å². The molecule has 0 aliphatic carbocycles. The molecule has 16 heavy (non-hydrogen) atoms. The number of amides is 1. The number of halogens is 1. The Bertz CT molecular complexity index is 511. The molecule has 0 spiro atoms. The molecule has 0 bridgehead atoms. The summed E-state index contributed by atoms with van der Waals surface area (Å²) in [6.07, 6.45) is 1.33. The first-order chi connectivity index (χ1) is 7.66. The molecule has 0 saturated carbocycles. The fourth-order valence-corrected chi connectivity index (χ4v) is 1.35. The molecule has 5 nitrogen and oxygen atoms in total. The van der Waals surface area contributed by atoms with Crippen LogP contribution in [0, 0.1) is 0 Å². The summed E-state index contributed by atoms with van der Waals surface area (Å²) < 4.78 is 4.56. The van der Waals surface area contributed by atoms with E-state index in [4.69, 9.17) is 11.6 Å². The summed E-state index contributed by atoms with van der Waals surface area (Å²) in [5, 5.41) is 15.5. The molecule has 6 heteroatoms. The summed E-state index contributed by atoms with van der Waals surface area (Å²) in [6, 6.07) is 5.61. The lowest BCUT2D eigenvalue weighted by Gasteiger charge is -2.04. The number of benzene rings is 1. The van der Waals surface area contributed by atoms with Gasteiger partial charge in [0.1, 0.15) is 12.0 Å². The van der Waals surface area contributed by atoms with E-state index < -0.39 is 5.91 Å². The average Bonchev–Trinajstić information content (AvgIpc) is 2.74. The first-order valence-corrected chi connectivity index (χ1v) is 4.75. The summed E-state index contributed by atoms with van der Waals surface area (Å²) >= 11 is 5.82. The molecule has 0 saturated heterocycles. The van der Waals surface area contributed by atoms with Crippen molar-refractivity contribution >= 4 is 23.3 Å². The topological polar surface area (TPSA) is 75.4 Å². The number of carbonyl (C=O) groups excluding carboxylic acids is 1. The molecule has 0 radical (unpaired) electrons. The summed E-state index contributed by atoms with van der Waals surface area (Å²) in [6.45, 7) is 0. The molecule has 1 aromatic heterocycles. The van der Waals surface area contributed by atoms with E-state index in [0.717, 1.165) is 0 Å². The first kappa shape index (κ1) is 10.5. The Morgan fingerprint density at radius 3 is 2.94 bits per heavy atom. The minimum absolute atomic E-state index is 0.0327. The van der Waals surface area contributed by atoms with Gasteiger partial charge in [0.2, 0.25) is 0 Å². The zero-order valence-electron chi connectivity index (χ0n) is 7.98. The molecule has 1 aromatic carbocycles. The molecule has 0 aliphatic rings. The van der Waals surface area contributed by atoms with Crippen LogP contribution in [-0.2, 0) is 0 Å². The maximum Gasteiger partial charge on any atom is 0.258 e. The molecule has 1 amide bonds. The van der Waals surface area contributed by atoms with Crippen molar-refractivity contribution in [3.63, 3.8) is 0 Å². The Hall–Kier alpha value is -2.01. The van der Waals surface area contributed by atoms with Crippen LogP contribution in [0.3, 0.4) is 0 Å². The maximum absolute atomic E-state index is 11.7. The monoisotopic (exact) mass is 238 g/mol. The van der Waals surface area contributed by atoms with Gasteiger partial charge < -0.3 is 14.9 Å². The number of phenolic OH excluding ortho intramolecular Hbond substituents is 1. The standard InChI is InChI=1S/C10H7ClN2O3/c11-8-2-1-6(14)5-7(8)10(15)12-9-3-4-16-13-9/h1-5,14H,(H,12,13,15). The Morgan fingerprint density at radius 2 is 2.25 bits per heavy atom. The van der Waals surface area contributed by atoms with Crippen molar-refractivity contribution in [1.82, 2.24) is 5.16 Å². The molecule has 0 fully saturated rings. The van der Waals surface area contributed by atoms with Gasteiger partial charge in [0.05, 0.1) is 10.6 Å². The zero-order chi connectivity index (χ0) is 11.5. The Balaban J connectivity index is 2.24. The van der Waals surface area contributed by atoms with Crippen molar-refractivity contribution in [2.45, 2.75) is 0 Å². The van der Waals surface area contributed by atoms with Crippen LogP contribution in [0.5, 0.6) is 5.75 Å². The molecular weight excluding hydrogens is 232 g/mol. The second-order valence-electron chi connectivity index (χ2n) is 3.00. The summed E-state index contributed by atoms with van der Waals surface area (Å²) in [7, 11) is 0. The van der Waals surface area contributed by atoms with Crippen LogP contribution < -0.4 is 5.32 Å². The van der Waals surface area contributed by atoms with Crippen LogP contribution in [0.2, 0.25) is 5.02 Å². The van der Waals surface area contributed by atoms with Gasteiger partial charge in [0.25, 0.3) is 5.91 Å². The highest BCUT2D eigenvalue weighted by Crippen LogP contribution is 2.21. The quantitative estimate of drug-likeness (QED) is 0.842. The number of nitrogens with one attached hydrogen (secondary N) is 1. The van der Waals surface area contributed by atoms with Crippen LogP contribution in [0.25, 0.3) is 0 Å². The average molecular weight is 239 g/mol. The zero-order valence-corrected chi connectivity index (χ0v) is 8.73. The lowest BCUT2D eigenvalue weighted by Crippen LogP contribution is -2.12. The highest BCUT2D eigenvalue weighted by molar-refractivity contribution is 6.34. The van der Waals surface area contributed by atoms with Crippen molar-refractivity contribution in [3.05, 3.63) is 41.1 Å². The Kier molecular flexibility index (Phi) is 2.78. The Labute approximate surface area is 95.6 Å². The highest BCUT2D eigenvalue weighted by Gasteiger charge is 2.12. The third-order valence-electron chi connectivity index (χ3n) is 1.87. The third kappa shape index (κ3) is 2.14. The lowest BCUT2D eigenvalue weighted by atomic mass is 10.2. The van der Waals surface area contributed by atoms with E-state index in [1.807, 2.05) is 0 Å². The molecule has 0 aliphatic heterocycles. The van der Waals surface area contributed by atoms with Crippen molar-refractivity contribution in [3.8, 4) is 5.75 Å². The molecule has 0 atom stereocenters. The first-order valence-electron chi connectivity index (χ1n) is 4.37. The molecule has 0 unspecified atom stereocenters. The van der Waals surface area contributed by atoms with E-state index in [1.54, 1.807) is 0 Å².